The quantitative estimate of drug-likeness (QED) is 0.756. The van der Waals surface area contributed by atoms with Gasteiger partial charge in [0.15, 0.2) is 5.78 Å². The Labute approximate surface area is 139 Å². The van der Waals surface area contributed by atoms with Crippen molar-refractivity contribution in [1.29, 1.82) is 0 Å². The van der Waals surface area contributed by atoms with Gasteiger partial charge in [-0.25, -0.2) is 0 Å². The van der Waals surface area contributed by atoms with Crippen LogP contribution < -0.4 is 0 Å². The van der Waals surface area contributed by atoms with Crippen molar-refractivity contribution in [2.75, 3.05) is 19.6 Å². The molecule has 0 saturated carbocycles. The molecule has 3 rings (SSSR count). The number of piperidine rings is 1. The predicted octanol–water partition coefficient (Wildman–Crippen LogP) is 4.64. The molecule has 1 fully saturated rings. The molecule has 3 heteroatoms. The molecule has 0 radical (unpaired) electrons. The SMILES string of the molecule is CCCCN1CCC(CCC(=O)c2ccc3[nH]ccc3c2)CC1. The van der Waals surface area contributed by atoms with Gasteiger partial charge in [0.05, 0.1) is 0 Å². The topological polar surface area (TPSA) is 36.1 Å². The van der Waals surface area contributed by atoms with Gasteiger partial charge in [-0.3, -0.25) is 4.79 Å². The van der Waals surface area contributed by atoms with Crippen LogP contribution in [0.25, 0.3) is 10.9 Å². The third kappa shape index (κ3) is 4.23. The smallest absolute Gasteiger partial charge is 0.162 e. The average molecular weight is 312 g/mol. The number of rotatable bonds is 7. The van der Waals surface area contributed by atoms with E-state index in [-0.39, 0.29) is 0 Å². The van der Waals surface area contributed by atoms with E-state index in [1.807, 2.05) is 30.5 Å². The number of ketones is 1. The number of carbonyl (C=O) groups is 1. The Bertz CT molecular complexity index is 638. The lowest BCUT2D eigenvalue weighted by Gasteiger charge is -2.31. The summed E-state index contributed by atoms with van der Waals surface area (Å²) in [4.78, 5) is 18.2. The molecule has 0 unspecified atom stereocenters. The molecule has 1 saturated heterocycles. The molecule has 0 spiro atoms. The van der Waals surface area contributed by atoms with Gasteiger partial charge >= 0.3 is 0 Å². The van der Waals surface area contributed by atoms with E-state index in [9.17, 15) is 4.79 Å². The Kier molecular flexibility index (Phi) is 5.50. The highest BCUT2D eigenvalue weighted by Crippen LogP contribution is 2.24. The number of aromatic amines is 1. The second-order valence-corrected chi connectivity index (χ2v) is 6.88. The summed E-state index contributed by atoms with van der Waals surface area (Å²) in [5.41, 5.74) is 1.96. The summed E-state index contributed by atoms with van der Waals surface area (Å²) in [5, 5.41) is 1.13. The molecule has 1 aliphatic rings. The minimum atomic E-state index is 0.293. The fraction of sp³-hybridized carbons (Fsp3) is 0.550. The minimum Gasteiger partial charge on any atom is -0.361 e. The van der Waals surface area contributed by atoms with Crippen LogP contribution in [0.15, 0.2) is 30.5 Å². The molecule has 1 N–H and O–H groups in total. The number of benzene rings is 1. The van der Waals surface area contributed by atoms with Crippen molar-refractivity contribution in [3.05, 3.63) is 36.0 Å². The van der Waals surface area contributed by atoms with Gasteiger partial charge in [0.25, 0.3) is 0 Å². The molecule has 0 aliphatic carbocycles. The predicted molar refractivity (Wildman–Crippen MR) is 95.9 cm³/mol. The van der Waals surface area contributed by atoms with Crippen LogP contribution in [0.5, 0.6) is 0 Å². The van der Waals surface area contributed by atoms with Gasteiger partial charge in [0.1, 0.15) is 0 Å². The normalized spacial score (nSPS) is 16.9. The summed E-state index contributed by atoms with van der Waals surface area (Å²) in [6, 6.07) is 8.00. The molecule has 0 bridgehead atoms. The van der Waals surface area contributed by atoms with E-state index < -0.39 is 0 Å². The van der Waals surface area contributed by atoms with Crippen LogP contribution in [0.2, 0.25) is 0 Å². The fourth-order valence-electron chi connectivity index (χ4n) is 3.59. The first kappa shape index (κ1) is 16.3. The Morgan fingerprint density at radius 2 is 2.09 bits per heavy atom. The summed E-state index contributed by atoms with van der Waals surface area (Å²) in [6.45, 7) is 5.93. The zero-order chi connectivity index (χ0) is 16.1. The largest absolute Gasteiger partial charge is 0.361 e. The van der Waals surface area contributed by atoms with E-state index >= 15 is 0 Å². The van der Waals surface area contributed by atoms with Crippen molar-refractivity contribution in [3.63, 3.8) is 0 Å². The van der Waals surface area contributed by atoms with Crippen LogP contribution in [0.1, 0.15) is 55.8 Å². The number of Topliss-reactive ketones (excluding diaryl/α,β-unsaturated/α-hetero) is 1. The highest BCUT2D eigenvalue weighted by atomic mass is 16.1. The van der Waals surface area contributed by atoms with E-state index in [1.54, 1.807) is 0 Å². The first-order valence-electron chi connectivity index (χ1n) is 9.09. The number of hydrogen-bond acceptors (Lipinski definition) is 2. The maximum absolute atomic E-state index is 12.4. The van der Waals surface area contributed by atoms with Crippen LogP contribution >= 0.6 is 0 Å². The van der Waals surface area contributed by atoms with E-state index in [2.05, 4.69) is 16.8 Å². The van der Waals surface area contributed by atoms with Crippen molar-refractivity contribution in [3.8, 4) is 0 Å². The number of likely N-dealkylation sites (tertiary alicyclic amines) is 1. The standard InChI is InChI=1S/C20H28N2O/c1-2-3-12-22-13-9-16(10-14-22)4-7-20(23)18-5-6-19-17(15-18)8-11-21-19/h5-6,8,11,15-16,21H,2-4,7,9-10,12-14H2,1H3. The summed E-state index contributed by atoms with van der Waals surface area (Å²) < 4.78 is 0. The molecule has 0 amide bonds. The van der Waals surface area contributed by atoms with Gasteiger partial charge in [0.2, 0.25) is 0 Å². The number of hydrogen-bond donors (Lipinski definition) is 1. The fourth-order valence-corrected chi connectivity index (χ4v) is 3.59. The summed E-state index contributed by atoms with van der Waals surface area (Å²) in [7, 11) is 0. The molecular formula is C20H28N2O. The number of nitrogens with zero attached hydrogens (tertiary/aromatic N) is 1. The van der Waals surface area contributed by atoms with E-state index in [4.69, 9.17) is 0 Å². The molecule has 1 aliphatic heterocycles. The maximum Gasteiger partial charge on any atom is 0.162 e. The Morgan fingerprint density at radius 1 is 1.26 bits per heavy atom. The average Bonchev–Trinajstić information content (AvgIpc) is 3.06. The lowest BCUT2D eigenvalue weighted by atomic mass is 9.90. The van der Waals surface area contributed by atoms with Crippen molar-refractivity contribution >= 4 is 16.7 Å². The second-order valence-electron chi connectivity index (χ2n) is 6.88. The number of carbonyl (C=O) groups excluding carboxylic acids is 1. The van der Waals surface area contributed by atoms with Gasteiger partial charge in [-0.15, -0.1) is 0 Å². The van der Waals surface area contributed by atoms with Gasteiger partial charge in [-0.1, -0.05) is 13.3 Å². The van der Waals surface area contributed by atoms with Crippen molar-refractivity contribution in [2.24, 2.45) is 5.92 Å². The number of H-pyrrole nitrogens is 1. The lowest BCUT2D eigenvalue weighted by Crippen LogP contribution is -2.34. The molecule has 124 valence electrons. The lowest BCUT2D eigenvalue weighted by molar-refractivity contribution is 0.0962. The minimum absolute atomic E-state index is 0.293. The van der Waals surface area contributed by atoms with Crippen LogP contribution in [0.3, 0.4) is 0 Å². The Morgan fingerprint density at radius 3 is 2.87 bits per heavy atom. The molecule has 23 heavy (non-hydrogen) atoms. The summed E-state index contributed by atoms with van der Waals surface area (Å²) >= 11 is 0. The number of fused-ring (bicyclic) bond motifs is 1. The van der Waals surface area contributed by atoms with E-state index in [0.29, 0.717) is 12.2 Å². The highest BCUT2D eigenvalue weighted by molar-refractivity contribution is 5.99. The van der Waals surface area contributed by atoms with Gasteiger partial charge < -0.3 is 9.88 Å². The molecule has 2 heterocycles. The molecule has 0 atom stereocenters. The van der Waals surface area contributed by atoms with E-state index in [0.717, 1.165) is 28.8 Å². The highest BCUT2D eigenvalue weighted by Gasteiger charge is 2.19. The third-order valence-corrected chi connectivity index (χ3v) is 5.19. The van der Waals surface area contributed by atoms with Crippen LogP contribution in [0, 0.1) is 5.92 Å². The summed E-state index contributed by atoms with van der Waals surface area (Å²) in [5.74, 6) is 1.02. The van der Waals surface area contributed by atoms with Gasteiger partial charge in [-0.05, 0) is 75.5 Å². The van der Waals surface area contributed by atoms with Gasteiger partial charge in [0, 0.05) is 29.1 Å². The monoisotopic (exact) mass is 312 g/mol. The van der Waals surface area contributed by atoms with Crippen molar-refractivity contribution in [2.45, 2.75) is 45.4 Å². The number of unbranched alkanes of at least 4 members (excludes halogenated alkanes) is 1. The van der Waals surface area contributed by atoms with Crippen LogP contribution in [-0.4, -0.2) is 35.3 Å². The van der Waals surface area contributed by atoms with E-state index in [1.165, 1.54) is 45.3 Å². The number of aromatic nitrogens is 1. The first-order chi connectivity index (χ1) is 11.3. The molecule has 3 nitrogen and oxygen atoms in total. The molecule has 2 aromatic rings. The number of nitrogens with one attached hydrogen (secondary N) is 1. The second kappa shape index (κ2) is 7.78. The zero-order valence-corrected chi connectivity index (χ0v) is 14.2. The molecular weight excluding hydrogens is 284 g/mol. The summed E-state index contributed by atoms with van der Waals surface area (Å²) in [6.07, 6.45) is 8.76. The van der Waals surface area contributed by atoms with Crippen LogP contribution in [-0.2, 0) is 0 Å². The molecule has 1 aromatic carbocycles. The van der Waals surface area contributed by atoms with Crippen molar-refractivity contribution < 1.29 is 4.79 Å². The first-order valence-corrected chi connectivity index (χ1v) is 9.09. The van der Waals surface area contributed by atoms with Crippen molar-refractivity contribution in [1.82, 2.24) is 9.88 Å². The third-order valence-electron chi connectivity index (χ3n) is 5.19. The maximum atomic E-state index is 12.4. The Hall–Kier alpha value is -1.61. The van der Waals surface area contributed by atoms with Gasteiger partial charge in [-0.2, -0.15) is 0 Å². The zero-order valence-electron chi connectivity index (χ0n) is 14.2. The Balaban J connectivity index is 1.46. The molecule has 1 aromatic heterocycles. The van der Waals surface area contributed by atoms with Crippen LogP contribution in [0.4, 0.5) is 0 Å².